The van der Waals surface area contributed by atoms with Crippen LogP contribution < -0.4 is 5.44 Å². The van der Waals surface area contributed by atoms with Gasteiger partial charge in [-0.05, 0) is 19.8 Å². The quantitative estimate of drug-likeness (QED) is 0.647. The Bertz CT molecular complexity index is 323. The van der Waals surface area contributed by atoms with E-state index in [0.717, 1.165) is 18.5 Å². The maximum atomic E-state index is 11.7. The van der Waals surface area contributed by atoms with E-state index in [0.29, 0.717) is 11.1 Å². The van der Waals surface area contributed by atoms with Crippen molar-refractivity contribution < 1.29 is 4.57 Å². The van der Waals surface area contributed by atoms with E-state index in [9.17, 15) is 4.57 Å². The third-order valence-corrected chi connectivity index (χ3v) is 3.98. The second-order valence-electron chi connectivity index (χ2n) is 3.02. The third-order valence-electron chi connectivity index (χ3n) is 1.94. The summed E-state index contributed by atoms with van der Waals surface area (Å²) in [6.07, 6.45) is 5.42. The minimum atomic E-state index is -1.27. The predicted octanol–water partition coefficient (Wildman–Crippen LogP) is 1.40. The molecule has 2 rings (SSSR count). The SMILES string of the molecule is Cc1nccnc1[P+](=O)C1CC1. The van der Waals surface area contributed by atoms with Crippen molar-refractivity contribution >= 4 is 13.2 Å². The molecule has 1 heterocycles. The van der Waals surface area contributed by atoms with Crippen LogP contribution in [0.3, 0.4) is 0 Å². The summed E-state index contributed by atoms with van der Waals surface area (Å²) in [5.74, 6) is 0. The Kier molecular flexibility index (Phi) is 1.89. The van der Waals surface area contributed by atoms with Gasteiger partial charge in [-0.1, -0.05) is 4.57 Å². The Morgan fingerprint density at radius 2 is 2.08 bits per heavy atom. The molecule has 0 spiro atoms. The van der Waals surface area contributed by atoms with Crippen LogP contribution in [0.2, 0.25) is 0 Å². The van der Waals surface area contributed by atoms with Crippen LogP contribution in [0.15, 0.2) is 12.4 Å². The topological polar surface area (TPSA) is 42.9 Å². The van der Waals surface area contributed by atoms with Crippen molar-refractivity contribution in [2.45, 2.75) is 25.4 Å². The number of aromatic nitrogens is 2. The Hall–Kier alpha value is -0.820. The summed E-state index contributed by atoms with van der Waals surface area (Å²) in [7, 11) is -1.27. The third kappa shape index (κ3) is 1.37. The monoisotopic (exact) mass is 181 g/mol. The van der Waals surface area contributed by atoms with Gasteiger partial charge in [0.15, 0.2) is 5.66 Å². The van der Waals surface area contributed by atoms with Gasteiger partial charge in [0.25, 0.3) is 0 Å². The largest absolute Gasteiger partial charge is 0.402 e. The molecule has 0 aliphatic heterocycles. The number of rotatable bonds is 2. The molecule has 0 saturated heterocycles. The summed E-state index contributed by atoms with van der Waals surface area (Å²) >= 11 is 0. The van der Waals surface area contributed by atoms with Gasteiger partial charge < -0.3 is 0 Å². The maximum absolute atomic E-state index is 11.7. The molecular formula is C8H10N2OP+. The van der Waals surface area contributed by atoms with E-state index in [2.05, 4.69) is 9.97 Å². The molecule has 1 saturated carbocycles. The zero-order chi connectivity index (χ0) is 8.55. The lowest BCUT2D eigenvalue weighted by atomic mass is 10.5. The van der Waals surface area contributed by atoms with E-state index in [1.807, 2.05) is 6.92 Å². The van der Waals surface area contributed by atoms with E-state index in [-0.39, 0.29) is 0 Å². The summed E-state index contributed by atoms with van der Waals surface area (Å²) in [4.78, 5) is 8.16. The summed E-state index contributed by atoms with van der Waals surface area (Å²) in [6, 6.07) is 0. The molecule has 0 aromatic carbocycles. The summed E-state index contributed by atoms with van der Waals surface area (Å²) in [5.41, 5.74) is 1.90. The molecule has 1 aromatic heterocycles. The summed E-state index contributed by atoms with van der Waals surface area (Å²) < 4.78 is 11.7. The van der Waals surface area contributed by atoms with Crippen LogP contribution in [-0.4, -0.2) is 15.6 Å². The highest BCUT2D eigenvalue weighted by Gasteiger charge is 2.44. The molecule has 0 N–H and O–H groups in total. The Morgan fingerprint density at radius 1 is 1.42 bits per heavy atom. The number of aryl methyl sites for hydroxylation is 1. The molecule has 1 aromatic rings. The van der Waals surface area contributed by atoms with Gasteiger partial charge in [-0.25, -0.2) is 4.98 Å². The van der Waals surface area contributed by atoms with Crippen molar-refractivity contribution in [1.29, 1.82) is 0 Å². The summed E-state index contributed by atoms with van der Waals surface area (Å²) in [5, 5.41) is 0. The lowest BCUT2D eigenvalue weighted by molar-refractivity contribution is 0.591. The minimum Gasteiger partial charge on any atom is -0.253 e. The average molecular weight is 181 g/mol. The molecule has 0 radical (unpaired) electrons. The lowest BCUT2D eigenvalue weighted by Crippen LogP contribution is -2.10. The second-order valence-corrected chi connectivity index (χ2v) is 4.83. The van der Waals surface area contributed by atoms with E-state index in [1.54, 1.807) is 12.4 Å². The molecule has 0 bridgehead atoms. The molecule has 1 atom stereocenters. The number of hydrogen-bond donors (Lipinski definition) is 0. The summed E-state index contributed by atoms with van der Waals surface area (Å²) in [6.45, 7) is 1.86. The second kappa shape index (κ2) is 2.91. The molecule has 1 aliphatic rings. The van der Waals surface area contributed by atoms with Gasteiger partial charge in [-0.2, -0.15) is 0 Å². The van der Waals surface area contributed by atoms with Crippen molar-refractivity contribution in [3.63, 3.8) is 0 Å². The van der Waals surface area contributed by atoms with Crippen LogP contribution in [0.25, 0.3) is 0 Å². The van der Waals surface area contributed by atoms with Gasteiger partial charge >= 0.3 is 13.2 Å². The number of nitrogens with zero attached hydrogens (tertiary/aromatic N) is 2. The first-order valence-electron chi connectivity index (χ1n) is 4.03. The predicted molar refractivity (Wildman–Crippen MR) is 47.0 cm³/mol. The Labute approximate surface area is 72.0 Å². The standard InChI is InChI=1S/C8H10N2OP/c1-6-8(10-5-4-9-6)12(11)7-2-3-7/h4-5,7H,2-3H2,1H3/q+1. The fraction of sp³-hybridized carbons (Fsp3) is 0.500. The normalized spacial score (nSPS) is 17.6. The zero-order valence-electron chi connectivity index (χ0n) is 6.90. The minimum absolute atomic E-state index is 0.385. The van der Waals surface area contributed by atoms with Gasteiger partial charge in [-0.3, -0.25) is 4.98 Å². The van der Waals surface area contributed by atoms with Crippen LogP contribution in [0.5, 0.6) is 0 Å². The molecule has 62 valence electrons. The first-order valence-corrected chi connectivity index (χ1v) is 5.36. The number of hydrogen-bond acceptors (Lipinski definition) is 3. The highest BCUT2D eigenvalue weighted by atomic mass is 31.1. The Morgan fingerprint density at radius 3 is 2.67 bits per heavy atom. The van der Waals surface area contributed by atoms with Crippen molar-refractivity contribution in [2.75, 3.05) is 0 Å². The van der Waals surface area contributed by atoms with Crippen molar-refractivity contribution in [2.24, 2.45) is 0 Å². The van der Waals surface area contributed by atoms with Gasteiger partial charge in [0.05, 0.1) is 6.20 Å². The molecule has 3 nitrogen and oxygen atoms in total. The van der Waals surface area contributed by atoms with E-state index in [4.69, 9.17) is 0 Å². The van der Waals surface area contributed by atoms with Crippen LogP contribution in [-0.2, 0) is 4.57 Å². The molecule has 1 unspecified atom stereocenters. The van der Waals surface area contributed by atoms with Gasteiger partial charge in [0, 0.05) is 6.20 Å². The van der Waals surface area contributed by atoms with Crippen LogP contribution in [0.1, 0.15) is 18.5 Å². The molecule has 4 heteroatoms. The van der Waals surface area contributed by atoms with Crippen LogP contribution in [0, 0.1) is 6.92 Å². The zero-order valence-corrected chi connectivity index (χ0v) is 7.79. The smallest absolute Gasteiger partial charge is 0.253 e. The first-order chi connectivity index (χ1) is 5.79. The molecule has 12 heavy (non-hydrogen) atoms. The van der Waals surface area contributed by atoms with Crippen LogP contribution in [0.4, 0.5) is 0 Å². The molecule has 1 fully saturated rings. The first kappa shape index (κ1) is 7.81. The lowest BCUT2D eigenvalue weighted by Gasteiger charge is -1.89. The molecular weight excluding hydrogens is 171 g/mol. The molecule has 0 amide bonds. The van der Waals surface area contributed by atoms with E-state index < -0.39 is 7.80 Å². The van der Waals surface area contributed by atoms with Gasteiger partial charge in [0.1, 0.15) is 5.69 Å². The maximum Gasteiger partial charge on any atom is 0.402 e. The van der Waals surface area contributed by atoms with Crippen molar-refractivity contribution in [3.8, 4) is 0 Å². The molecule has 1 aliphatic carbocycles. The van der Waals surface area contributed by atoms with Gasteiger partial charge in [-0.15, -0.1) is 0 Å². The Balaban J connectivity index is 2.32. The fourth-order valence-corrected chi connectivity index (χ4v) is 2.62. The van der Waals surface area contributed by atoms with Crippen LogP contribution >= 0.6 is 7.80 Å². The fourth-order valence-electron chi connectivity index (χ4n) is 1.10. The van der Waals surface area contributed by atoms with Gasteiger partial charge in [0.2, 0.25) is 0 Å². The van der Waals surface area contributed by atoms with Crippen molar-refractivity contribution in [1.82, 2.24) is 9.97 Å². The van der Waals surface area contributed by atoms with E-state index in [1.165, 1.54) is 0 Å². The highest BCUT2D eigenvalue weighted by Crippen LogP contribution is 2.43. The average Bonchev–Trinajstić information content (AvgIpc) is 2.86. The van der Waals surface area contributed by atoms with E-state index >= 15 is 0 Å². The van der Waals surface area contributed by atoms with Crippen molar-refractivity contribution in [3.05, 3.63) is 18.1 Å². The highest BCUT2D eigenvalue weighted by molar-refractivity contribution is 7.54.